The van der Waals surface area contributed by atoms with Crippen LogP contribution >= 0.6 is 11.3 Å². The Labute approximate surface area is 185 Å². The lowest BCUT2D eigenvalue weighted by Crippen LogP contribution is -2.40. The summed E-state index contributed by atoms with van der Waals surface area (Å²) in [6.45, 7) is 4.30. The van der Waals surface area contributed by atoms with Crippen LogP contribution < -0.4 is 11.2 Å². The summed E-state index contributed by atoms with van der Waals surface area (Å²) in [7, 11) is 0. The summed E-state index contributed by atoms with van der Waals surface area (Å²) >= 11 is 0.807. The van der Waals surface area contributed by atoms with Crippen LogP contribution in [0.5, 0.6) is 0 Å². The predicted octanol–water partition coefficient (Wildman–Crippen LogP) is 1.71. The Kier molecular flexibility index (Phi) is 6.87. The molecule has 1 saturated heterocycles. The average molecular weight is 478 g/mol. The molecule has 0 saturated carbocycles. The standard InChI is InChI=1S/C20H26F3N3O5S/c1-4-25-16(29)13-11(3)15(17(30)24-7-5-10(2)14(28)12(27)9-24)32-18(13)26(19(25)31)8-6-20(21,22)23/h10,12,14,27-28H,4-9H2,1-3H3/t10-,12?,14?/m0/s1. The third-order valence-electron chi connectivity index (χ3n) is 5.95. The number of hydrogen-bond acceptors (Lipinski definition) is 6. The fourth-order valence-corrected chi connectivity index (χ4v) is 5.26. The highest BCUT2D eigenvalue weighted by Crippen LogP contribution is 2.31. The predicted molar refractivity (Wildman–Crippen MR) is 113 cm³/mol. The molecular formula is C20H26F3N3O5S. The number of amides is 1. The van der Waals surface area contributed by atoms with Crippen molar-refractivity contribution in [1.29, 1.82) is 0 Å². The number of thiophene rings is 1. The highest BCUT2D eigenvalue weighted by Gasteiger charge is 2.34. The van der Waals surface area contributed by atoms with Gasteiger partial charge in [0.25, 0.3) is 11.5 Å². The number of hydrogen-bond donors (Lipinski definition) is 2. The van der Waals surface area contributed by atoms with Crippen molar-refractivity contribution in [2.45, 2.75) is 65.1 Å². The van der Waals surface area contributed by atoms with Crippen molar-refractivity contribution < 1.29 is 28.2 Å². The quantitative estimate of drug-likeness (QED) is 0.698. The van der Waals surface area contributed by atoms with Gasteiger partial charge in [0.1, 0.15) is 4.83 Å². The normalized spacial score (nSPS) is 22.4. The number of halogens is 3. The summed E-state index contributed by atoms with van der Waals surface area (Å²) in [6.07, 6.45) is -7.43. The van der Waals surface area contributed by atoms with Crippen LogP contribution in [0.4, 0.5) is 13.2 Å². The number of β-amino-alcohol motifs (C(OH)–C–C–N with tert-alkyl or cyclic N) is 1. The number of rotatable bonds is 4. The minimum absolute atomic E-state index is 0.0215. The van der Waals surface area contributed by atoms with Gasteiger partial charge >= 0.3 is 11.9 Å². The van der Waals surface area contributed by atoms with Gasteiger partial charge in [-0.1, -0.05) is 6.92 Å². The monoisotopic (exact) mass is 477 g/mol. The van der Waals surface area contributed by atoms with Crippen LogP contribution in [-0.4, -0.2) is 61.6 Å². The number of aliphatic hydroxyl groups is 2. The van der Waals surface area contributed by atoms with E-state index in [1.807, 2.05) is 0 Å². The Morgan fingerprint density at radius 1 is 1.22 bits per heavy atom. The van der Waals surface area contributed by atoms with Crippen molar-refractivity contribution in [1.82, 2.24) is 14.0 Å². The lowest BCUT2D eigenvalue weighted by atomic mass is 9.98. The molecule has 1 aliphatic heterocycles. The van der Waals surface area contributed by atoms with Crippen LogP contribution in [0.3, 0.4) is 0 Å². The Morgan fingerprint density at radius 3 is 2.47 bits per heavy atom. The fourth-order valence-electron chi connectivity index (χ4n) is 3.98. The van der Waals surface area contributed by atoms with Crippen molar-refractivity contribution in [2.24, 2.45) is 5.92 Å². The van der Waals surface area contributed by atoms with E-state index in [0.717, 1.165) is 20.5 Å². The maximum absolute atomic E-state index is 13.2. The molecule has 0 radical (unpaired) electrons. The Balaban J connectivity index is 2.12. The number of carbonyl (C=O) groups excluding carboxylic acids is 1. The minimum Gasteiger partial charge on any atom is -0.390 e. The van der Waals surface area contributed by atoms with Crippen molar-refractivity contribution >= 4 is 27.5 Å². The van der Waals surface area contributed by atoms with Gasteiger partial charge in [0.15, 0.2) is 0 Å². The van der Waals surface area contributed by atoms with Gasteiger partial charge in [0.2, 0.25) is 0 Å². The third kappa shape index (κ3) is 4.48. The first-order valence-electron chi connectivity index (χ1n) is 10.4. The summed E-state index contributed by atoms with van der Waals surface area (Å²) in [5, 5.41) is 20.3. The van der Waals surface area contributed by atoms with E-state index in [-0.39, 0.29) is 46.2 Å². The van der Waals surface area contributed by atoms with Gasteiger partial charge in [0, 0.05) is 26.2 Å². The van der Waals surface area contributed by atoms with E-state index in [0.29, 0.717) is 6.42 Å². The maximum atomic E-state index is 13.2. The molecule has 2 aromatic heterocycles. The first-order chi connectivity index (χ1) is 14.9. The molecule has 0 spiro atoms. The molecule has 2 N–H and O–H groups in total. The highest BCUT2D eigenvalue weighted by atomic mass is 32.1. The first-order valence-corrected chi connectivity index (χ1v) is 11.2. The molecule has 2 aromatic rings. The molecule has 3 rings (SSSR count). The smallest absolute Gasteiger partial charge is 0.390 e. The SMILES string of the molecule is CCn1c(=O)c2c(C)c(C(=O)N3CC[C@H](C)C(O)C(O)C3)sc2n(CCC(F)(F)F)c1=O. The molecule has 0 bridgehead atoms. The number of carbonyl (C=O) groups is 1. The minimum atomic E-state index is -4.50. The highest BCUT2D eigenvalue weighted by molar-refractivity contribution is 7.20. The molecule has 1 aliphatic rings. The first kappa shape index (κ1) is 24.5. The fraction of sp³-hybridized carbons (Fsp3) is 0.650. The van der Waals surface area contributed by atoms with E-state index >= 15 is 0 Å². The number of likely N-dealkylation sites (tertiary alicyclic amines) is 1. The molecule has 2 unspecified atom stereocenters. The van der Waals surface area contributed by atoms with Crippen LogP contribution in [-0.2, 0) is 13.1 Å². The summed E-state index contributed by atoms with van der Waals surface area (Å²) < 4.78 is 40.3. The number of nitrogens with zero attached hydrogens (tertiary/aromatic N) is 3. The molecule has 12 heteroatoms. The zero-order valence-corrected chi connectivity index (χ0v) is 18.8. The largest absolute Gasteiger partial charge is 0.390 e. The third-order valence-corrected chi connectivity index (χ3v) is 7.25. The van der Waals surface area contributed by atoms with Gasteiger partial charge in [-0.05, 0) is 31.7 Å². The van der Waals surface area contributed by atoms with Crippen molar-refractivity contribution in [3.05, 3.63) is 31.3 Å². The second-order valence-corrected chi connectivity index (χ2v) is 9.16. The van der Waals surface area contributed by atoms with E-state index in [1.165, 1.54) is 11.8 Å². The molecule has 1 amide bonds. The number of aromatic nitrogens is 2. The van der Waals surface area contributed by atoms with E-state index in [9.17, 15) is 37.8 Å². The van der Waals surface area contributed by atoms with Crippen molar-refractivity contribution in [3.8, 4) is 0 Å². The molecule has 3 atom stereocenters. The van der Waals surface area contributed by atoms with Crippen LogP contribution in [0.25, 0.3) is 10.2 Å². The summed E-state index contributed by atoms with van der Waals surface area (Å²) in [6, 6.07) is 0. The molecule has 1 fully saturated rings. The lowest BCUT2D eigenvalue weighted by molar-refractivity contribution is -0.136. The van der Waals surface area contributed by atoms with Gasteiger partial charge in [-0.25, -0.2) is 4.79 Å². The summed E-state index contributed by atoms with van der Waals surface area (Å²) in [5.74, 6) is -0.725. The number of aliphatic hydroxyl groups excluding tert-OH is 2. The molecule has 3 heterocycles. The summed E-state index contributed by atoms with van der Waals surface area (Å²) in [4.78, 5) is 40.4. The van der Waals surface area contributed by atoms with E-state index in [2.05, 4.69) is 0 Å². The molecule has 0 aliphatic carbocycles. The Bertz CT molecular complexity index is 1140. The van der Waals surface area contributed by atoms with Crippen molar-refractivity contribution in [3.63, 3.8) is 0 Å². The lowest BCUT2D eigenvalue weighted by Gasteiger charge is -2.23. The molecule has 8 nitrogen and oxygen atoms in total. The molecule has 178 valence electrons. The second kappa shape index (κ2) is 8.99. The van der Waals surface area contributed by atoms with Crippen LogP contribution in [0, 0.1) is 12.8 Å². The molecule has 32 heavy (non-hydrogen) atoms. The van der Waals surface area contributed by atoms with Crippen molar-refractivity contribution in [2.75, 3.05) is 13.1 Å². The Hall–Kier alpha value is -2.18. The van der Waals surface area contributed by atoms with Gasteiger partial charge in [-0.2, -0.15) is 13.2 Å². The van der Waals surface area contributed by atoms with Crippen LogP contribution in [0.1, 0.15) is 41.9 Å². The van der Waals surface area contributed by atoms with Gasteiger partial charge < -0.3 is 15.1 Å². The molecule has 0 aromatic carbocycles. The van der Waals surface area contributed by atoms with Crippen LogP contribution in [0.2, 0.25) is 0 Å². The van der Waals surface area contributed by atoms with Gasteiger partial charge in [0.05, 0.1) is 28.9 Å². The maximum Gasteiger partial charge on any atom is 0.390 e. The molecular weight excluding hydrogens is 451 g/mol. The topological polar surface area (TPSA) is 105 Å². The average Bonchev–Trinajstić information content (AvgIpc) is 2.99. The zero-order valence-electron chi connectivity index (χ0n) is 18.0. The van der Waals surface area contributed by atoms with Crippen LogP contribution in [0.15, 0.2) is 9.59 Å². The van der Waals surface area contributed by atoms with E-state index in [1.54, 1.807) is 13.8 Å². The van der Waals surface area contributed by atoms with Gasteiger partial charge in [-0.15, -0.1) is 11.3 Å². The summed E-state index contributed by atoms with van der Waals surface area (Å²) in [5.41, 5.74) is -1.21. The van der Waals surface area contributed by atoms with E-state index in [4.69, 9.17) is 0 Å². The van der Waals surface area contributed by atoms with Gasteiger partial charge in [-0.3, -0.25) is 18.7 Å². The second-order valence-electron chi connectivity index (χ2n) is 8.16. The number of alkyl halides is 3. The van der Waals surface area contributed by atoms with E-state index < -0.39 is 48.5 Å². The number of fused-ring (bicyclic) bond motifs is 1. The zero-order chi connectivity index (χ0) is 24.0. The Morgan fingerprint density at radius 2 is 1.88 bits per heavy atom. The number of aryl methyl sites for hydroxylation is 2.